The Labute approximate surface area is 217 Å². The van der Waals surface area contributed by atoms with Gasteiger partial charge in [-0.25, -0.2) is 14.8 Å². The number of ether oxygens (including phenoxy) is 1. The number of anilines is 4. The maximum atomic E-state index is 11.9. The van der Waals surface area contributed by atoms with Crippen LogP contribution in [0.2, 0.25) is 0 Å². The predicted octanol–water partition coefficient (Wildman–Crippen LogP) is 7.91. The number of benzene rings is 3. The second-order valence-electron chi connectivity index (χ2n) is 7.97. The van der Waals surface area contributed by atoms with Crippen LogP contribution in [0.3, 0.4) is 0 Å². The second-order valence-corrected chi connectivity index (χ2v) is 9.83. The van der Waals surface area contributed by atoms with E-state index in [0.717, 1.165) is 33.3 Å². The molecule has 0 amide bonds. The van der Waals surface area contributed by atoms with Crippen LogP contribution in [0.4, 0.5) is 21.6 Å². The average molecular weight is 513 g/mol. The molecule has 0 aliphatic rings. The summed E-state index contributed by atoms with van der Waals surface area (Å²) in [6, 6.07) is 26.7. The van der Waals surface area contributed by atoms with Crippen molar-refractivity contribution in [3.05, 3.63) is 95.6 Å². The molecular weight excluding hydrogens is 488 g/mol. The molecule has 6 nitrogen and oxygen atoms in total. The van der Waals surface area contributed by atoms with E-state index in [-0.39, 0.29) is 0 Å². The SMILES string of the molecule is CCOC(=O)c1csc(Nc2cccc(-c3cccc(Nc4nc(C)c(-c5ccccc5)s4)c3)c2)n1. The van der Waals surface area contributed by atoms with E-state index in [1.165, 1.54) is 21.8 Å². The standard InChI is InChI=1S/C28H24N4O2S2/c1-3-34-26(33)24-17-35-27(32-24)30-22-13-7-11-20(15-22)21-12-8-14-23(16-21)31-28-29-18(2)25(36-28)19-9-5-4-6-10-19/h4-17H,3H2,1-2H3,(H,29,31)(H,30,32). The largest absolute Gasteiger partial charge is 0.461 e. The lowest BCUT2D eigenvalue weighted by atomic mass is 10.0. The highest BCUT2D eigenvalue weighted by Gasteiger charge is 2.12. The summed E-state index contributed by atoms with van der Waals surface area (Å²) in [5.41, 5.74) is 6.49. The van der Waals surface area contributed by atoms with Crippen molar-refractivity contribution in [2.45, 2.75) is 13.8 Å². The summed E-state index contributed by atoms with van der Waals surface area (Å²) >= 11 is 3.02. The minimum Gasteiger partial charge on any atom is -0.461 e. The van der Waals surface area contributed by atoms with Crippen LogP contribution < -0.4 is 10.6 Å². The van der Waals surface area contributed by atoms with Gasteiger partial charge in [-0.3, -0.25) is 0 Å². The van der Waals surface area contributed by atoms with E-state index in [4.69, 9.17) is 9.72 Å². The molecule has 3 aromatic carbocycles. The fourth-order valence-corrected chi connectivity index (χ4v) is 5.43. The maximum absolute atomic E-state index is 11.9. The number of carbonyl (C=O) groups is 1. The number of carbonyl (C=O) groups excluding carboxylic acids is 1. The Morgan fingerprint density at radius 3 is 2.14 bits per heavy atom. The monoisotopic (exact) mass is 512 g/mol. The highest BCUT2D eigenvalue weighted by Crippen LogP contribution is 2.35. The lowest BCUT2D eigenvalue weighted by Crippen LogP contribution is -2.04. The van der Waals surface area contributed by atoms with Crippen LogP contribution in [0.15, 0.2) is 84.2 Å². The van der Waals surface area contributed by atoms with Gasteiger partial charge in [-0.05, 0) is 54.8 Å². The Morgan fingerprint density at radius 1 is 0.833 bits per heavy atom. The number of esters is 1. The second kappa shape index (κ2) is 10.7. The Hall–Kier alpha value is -4.01. The molecule has 0 bridgehead atoms. The van der Waals surface area contributed by atoms with Crippen LogP contribution in [0.5, 0.6) is 0 Å². The fraction of sp³-hybridized carbons (Fsp3) is 0.107. The first-order valence-electron chi connectivity index (χ1n) is 11.5. The van der Waals surface area contributed by atoms with Gasteiger partial charge >= 0.3 is 5.97 Å². The number of nitrogens with one attached hydrogen (secondary N) is 2. The first-order valence-corrected chi connectivity index (χ1v) is 13.2. The first-order chi connectivity index (χ1) is 17.6. The normalized spacial score (nSPS) is 10.7. The van der Waals surface area contributed by atoms with Crippen LogP contribution in [-0.4, -0.2) is 22.5 Å². The molecule has 2 heterocycles. The van der Waals surface area contributed by atoms with Crippen LogP contribution in [0.1, 0.15) is 23.1 Å². The number of rotatable bonds is 8. The van der Waals surface area contributed by atoms with Crippen molar-refractivity contribution in [1.29, 1.82) is 0 Å². The summed E-state index contributed by atoms with van der Waals surface area (Å²) in [6.07, 6.45) is 0. The Kier molecular flexibility index (Phi) is 7.06. The third-order valence-corrected chi connectivity index (χ3v) is 7.26. The van der Waals surface area contributed by atoms with Crippen molar-refractivity contribution in [3.8, 4) is 21.6 Å². The molecule has 0 aliphatic heterocycles. The molecule has 5 rings (SSSR count). The molecule has 5 aromatic rings. The van der Waals surface area contributed by atoms with Gasteiger partial charge in [0.2, 0.25) is 0 Å². The molecule has 36 heavy (non-hydrogen) atoms. The molecule has 0 radical (unpaired) electrons. The van der Waals surface area contributed by atoms with Gasteiger partial charge in [0, 0.05) is 16.8 Å². The molecule has 0 spiro atoms. The summed E-state index contributed by atoms with van der Waals surface area (Å²) in [5, 5.41) is 9.95. The highest BCUT2D eigenvalue weighted by molar-refractivity contribution is 7.19. The van der Waals surface area contributed by atoms with E-state index < -0.39 is 5.97 Å². The van der Waals surface area contributed by atoms with Gasteiger partial charge in [0.1, 0.15) is 0 Å². The van der Waals surface area contributed by atoms with E-state index in [1.54, 1.807) is 23.6 Å². The lowest BCUT2D eigenvalue weighted by Gasteiger charge is -2.09. The molecule has 0 saturated heterocycles. The Balaban J connectivity index is 1.32. The topological polar surface area (TPSA) is 76.1 Å². The predicted molar refractivity (Wildman–Crippen MR) is 149 cm³/mol. The van der Waals surface area contributed by atoms with E-state index in [2.05, 4.69) is 52.0 Å². The van der Waals surface area contributed by atoms with Gasteiger partial charge in [-0.1, -0.05) is 65.9 Å². The minimum absolute atomic E-state index is 0.312. The fourth-order valence-electron chi connectivity index (χ4n) is 3.74. The van der Waals surface area contributed by atoms with Gasteiger partial charge in [0.05, 0.1) is 17.2 Å². The van der Waals surface area contributed by atoms with Gasteiger partial charge in [0.25, 0.3) is 0 Å². The zero-order chi connectivity index (χ0) is 24.9. The number of thiazole rings is 2. The number of hydrogen-bond acceptors (Lipinski definition) is 8. The Bertz CT molecular complexity index is 1490. The van der Waals surface area contributed by atoms with E-state index in [1.807, 2.05) is 49.4 Å². The van der Waals surface area contributed by atoms with Crippen molar-refractivity contribution < 1.29 is 9.53 Å². The number of aryl methyl sites for hydroxylation is 1. The molecule has 0 fully saturated rings. The molecule has 2 N–H and O–H groups in total. The van der Waals surface area contributed by atoms with E-state index >= 15 is 0 Å². The number of nitrogens with zero attached hydrogens (tertiary/aromatic N) is 2. The van der Waals surface area contributed by atoms with E-state index in [0.29, 0.717) is 17.4 Å². The van der Waals surface area contributed by atoms with Crippen LogP contribution >= 0.6 is 22.7 Å². The summed E-state index contributed by atoms with van der Waals surface area (Å²) in [4.78, 5) is 22.1. The van der Waals surface area contributed by atoms with Crippen LogP contribution in [0.25, 0.3) is 21.6 Å². The molecular formula is C28H24N4O2S2. The van der Waals surface area contributed by atoms with Crippen molar-refractivity contribution in [1.82, 2.24) is 9.97 Å². The summed E-state index contributed by atoms with van der Waals surface area (Å²) in [7, 11) is 0. The van der Waals surface area contributed by atoms with Crippen molar-refractivity contribution in [3.63, 3.8) is 0 Å². The zero-order valence-corrected chi connectivity index (χ0v) is 21.5. The molecule has 0 aliphatic carbocycles. The zero-order valence-electron chi connectivity index (χ0n) is 19.8. The maximum Gasteiger partial charge on any atom is 0.357 e. The molecule has 0 atom stereocenters. The van der Waals surface area contributed by atoms with Crippen LogP contribution in [0, 0.1) is 6.92 Å². The van der Waals surface area contributed by atoms with E-state index in [9.17, 15) is 4.79 Å². The van der Waals surface area contributed by atoms with Gasteiger partial charge in [-0.2, -0.15) is 0 Å². The average Bonchev–Trinajstić information content (AvgIpc) is 3.51. The third kappa shape index (κ3) is 5.45. The molecule has 8 heteroatoms. The molecule has 180 valence electrons. The van der Waals surface area contributed by atoms with Crippen molar-refractivity contribution >= 4 is 50.3 Å². The Morgan fingerprint density at radius 2 is 1.47 bits per heavy atom. The van der Waals surface area contributed by atoms with Gasteiger partial charge in [-0.15, -0.1) is 11.3 Å². The highest BCUT2D eigenvalue weighted by atomic mass is 32.1. The van der Waals surface area contributed by atoms with Crippen molar-refractivity contribution in [2.24, 2.45) is 0 Å². The summed E-state index contributed by atoms with van der Waals surface area (Å²) < 4.78 is 5.02. The summed E-state index contributed by atoms with van der Waals surface area (Å²) in [5.74, 6) is -0.411. The quantitative estimate of drug-likeness (QED) is 0.206. The molecule has 0 unspecified atom stereocenters. The molecule has 0 saturated carbocycles. The number of hydrogen-bond donors (Lipinski definition) is 2. The lowest BCUT2D eigenvalue weighted by molar-refractivity contribution is 0.0520. The smallest absolute Gasteiger partial charge is 0.357 e. The van der Waals surface area contributed by atoms with Crippen molar-refractivity contribution in [2.75, 3.05) is 17.2 Å². The minimum atomic E-state index is -0.411. The summed E-state index contributed by atoms with van der Waals surface area (Å²) in [6.45, 7) is 4.14. The first kappa shape index (κ1) is 23.7. The van der Waals surface area contributed by atoms with Gasteiger partial charge < -0.3 is 15.4 Å². The van der Waals surface area contributed by atoms with Crippen LogP contribution in [-0.2, 0) is 4.74 Å². The molecule has 2 aromatic heterocycles. The van der Waals surface area contributed by atoms with Gasteiger partial charge in [0.15, 0.2) is 16.0 Å². The number of aromatic nitrogens is 2. The third-order valence-electron chi connectivity index (χ3n) is 5.38.